The number of unbranched alkanes of at least 4 members (excludes halogenated alkanes) is 1. The van der Waals surface area contributed by atoms with E-state index in [2.05, 4.69) is 24.5 Å². The van der Waals surface area contributed by atoms with Gasteiger partial charge in [-0.3, -0.25) is 4.79 Å². The molecule has 0 radical (unpaired) electrons. The summed E-state index contributed by atoms with van der Waals surface area (Å²) in [6.45, 7) is 4.45. The lowest BCUT2D eigenvalue weighted by Crippen LogP contribution is -2.24. The lowest BCUT2D eigenvalue weighted by atomic mass is 10.1. The van der Waals surface area contributed by atoms with Crippen LogP contribution in [-0.4, -0.2) is 25.6 Å². The number of carbonyl (C=O) groups excluding carboxylic acids is 1. The Hall–Kier alpha value is -1.71. The second kappa shape index (κ2) is 9.23. The van der Waals surface area contributed by atoms with E-state index in [0.717, 1.165) is 12.1 Å². The summed E-state index contributed by atoms with van der Waals surface area (Å²) in [7, 11) is 1.60. The molecule has 1 unspecified atom stereocenters. The molecule has 112 valence electrons. The average molecular weight is 278 g/mol. The Morgan fingerprint density at radius 3 is 2.80 bits per heavy atom. The standard InChI is InChI=1S/C16H26N2O2/c1-4-6-8-13(5-2)18-14-9-7-10-15(11-14)20-12-16(19)17-3/h7,9-11,13,18H,4-6,8,12H2,1-3H3,(H,17,19). The van der Waals surface area contributed by atoms with Crippen LogP contribution in [0.5, 0.6) is 5.75 Å². The topological polar surface area (TPSA) is 50.4 Å². The zero-order valence-corrected chi connectivity index (χ0v) is 12.7. The highest BCUT2D eigenvalue weighted by Crippen LogP contribution is 2.20. The first-order chi connectivity index (χ1) is 9.69. The molecule has 2 N–H and O–H groups in total. The molecule has 0 fully saturated rings. The first-order valence-corrected chi connectivity index (χ1v) is 7.39. The highest BCUT2D eigenvalue weighted by molar-refractivity contribution is 5.77. The Labute approximate surface area is 121 Å². The van der Waals surface area contributed by atoms with Gasteiger partial charge in [0.05, 0.1) is 0 Å². The molecule has 1 aromatic rings. The predicted molar refractivity (Wildman–Crippen MR) is 83.2 cm³/mol. The van der Waals surface area contributed by atoms with Gasteiger partial charge in [-0.25, -0.2) is 0 Å². The van der Waals surface area contributed by atoms with Crippen LogP contribution in [0.1, 0.15) is 39.5 Å². The van der Waals surface area contributed by atoms with Gasteiger partial charge in [-0.2, -0.15) is 0 Å². The fourth-order valence-corrected chi connectivity index (χ4v) is 1.96. The van der Waals surface area contributed by atoms with Crippen LogP contribution < -0.4 is 15.4 Å². The Bertz CT molecular complexity index is 407. The van der Waals surface area contributed by atoms with Crippen LogP contribution in [0.3, 0.4) is 0 Å². The summed E-state index contributed by atoms with van der Waals surface area (Å²) in [6, 6.07) is 8.26. The maximum atomic E-state index is 11.2. The number of hydrogen-bond acceptors (Lipinski definition) is 3. The van der Waals surface area contributed by atoms with Crippen molar-refractivity contribution in [1.82, 2.24) is 5.32 Å². The van der Waals surface area contributed by atoms with Gasteiger partial charge < -0.3 is 15.4 Å². The number of anilines is 1. The van der Waals surface area contributed by atoms with Gasteiger partial charge in [0, 0.05) is 24.8 Å². The van der Waals surface area contributed by atoms with E-state index >= 15 is 0 Å². The van der Waals surface area contributed by atoms with Crippen molar-refractivity contribution in [2.45, 2.75) is 45.6 Å². The average Bonchev–Trinajstić information content (AvgIpc) is 2.49. The van der Waals surface area contributed by atoms with Crippen LogP contribution in [0.2, 0.25) is 0 Å². The van der Waals surface area contributed by atoms with Crippen LogP contribution in [0.4, 0.5) is 5.69 Å². The fraction of sp³-hybridized carbons (Fsp3) is 0.562. The highest BCUT2D eigenvalue weighted by atomic mass is 16.5. The van der Waals surface area contributed by atoms with Gasteiger partial charge in [-0.05, 0) is 25.0 Å². The summed E-state index contributed by atoms with van der Waals surface area (Å²) in [5.41, 5.74) is 1.04. The molecule has 20 heavy (non-hydrogen) atoms. The monoisotopic (exact) mass is 278 g/mol. The second-order valence-corrected chi connectivity index (χ2v) is 4.88. The first-order valence-electron chi connectivity index (χ1n) is 7.39. The molecule has 0 aliphatic carbocycles. The van der Waals surface area contributed by atoms with Crippen LogP contribution in [0.15, 0.2) is 24.3 Å². The summed E-state index contributed by atoms with van der Waals surface area (Å²) in [6.07, 6.45) is 4.73. The number of amides is 1. The van der Waals surface area contributed by atoms with Crippen molar-refractivity contribution in [1.29, 1.82) is 0 Å². The van der Waals surface area contributed by atoms with Crippen molar-refractivity contribution >= 4 is 11.6 Å². The third-order valence-corrected chi connectivity index (χ3v) is 3.25. The Morgan fingerprint density at radius 1 is 1.35 bits per heavy atom. The molecule has 0 aromatic heterocycles. The molecule has 0 aliphatic heterocycles. The number of rotatable bonds is 9. The number of carbonyl (C=O) groups is 1. The van der Waals surface area contributed by atoms with Gasteiger partial charge in [0.15, 0.2) is 6.61 Å². The van der Waals surface area contributed by atoms with Gasteiger partial charge >= 0.3 is 0 Å². The van der Waals surface area contributed by atoms with E-state index in [0.29, 0.717) is 11.8 Å². The quantitative estimate of drug-likeness (QED) is 0.729. The Balaban J connectivity index is 2.55. The van der Waals surface area contributed by atoms with E-state index in [9.17, 15) is 4.79 Å². The van der Waals surface area contributed by atoms with E-state index in [-0.39, 0.29) is 12.5 Å². The SMILES string of the molecule is CCCCC(CC)Nc1cccc(OCC(=O)NC)c1. The molecule has 0 saturated heterocycles. The lowest BCUT2D eigenvalue weighted by molar-refractivity contribution is -0.122. The zero-order valence-electron chi connectivity index (χ0n) is 12.7. The van der Waals surface area contributed by atoms with Gasteiger partial charge in [-0.1, -0.05) is 32.8 Å². The molecular formula is C16H26N2O2. The van der Waals surface area contributed by atoms with Gasteiger partial charge in [0.25, 0.3) is 5.91 Å². The largest absolute Gasteiger partial charge is 0.484 e. The molecule has 4 nitrogen and oxygen atoms in total. The van der Waals surface area contributed by atoms with Crippen molar-refractivity contribution in [3.8, 4) is 5.75 Å². The van der Waals surface area contributed by atoms with Crippen molar-refractivity contribution < 1.29 is 9.53 Å². The van der Waals surface area contributed by atoms with E-state index in [1.807, 2.05) is 24.3 Å². The number of benzene rings is 1. The molecule has 0 saturated carbocycles. The number of nitrogens with one attached hydrogen (secondary N) is 2. The first kappa shape index (κ1) is 16.3. The predicted octanol–water partition coefficient (Wildman–Crippen LogP) is 3.19. The summed E-state index contributed by atoms with van der Waals surface area (Å²) >= 11 is 0. The lowest BCUT2D eigenvalue weighted by Gasteiger charge is -2.18. The van der Waals surface area contributed by atoms with Crippen LogP contribution >= 0.6 is 0 Å². The normalized spacial score (nSPS) is 11.8. The minimum Gasteiger partial charge on any atom is -0.484 e. The molecule has 4 heteroatoms. The molecule has 0 spiro atoms. The highest BCUT2D eigenvalue weighted by Gasteiger charge is 2.06. The minimum atomic E-state index is -0.127. The van der Waals surface area contributed by atoms with Crippen molar-refractivity contribution in [3.05, 3.63) is 24.3 Å². The molecule has 0 bridgehead atoms. The Morgan fingerprint density at radius 2 is 2.15 bits per heavy atom. The van der Waals surface area contributed by atoms with Crippen LogP contribution in [0, 0.1) is 0 Å². The summed E-state index contributed by atoms with van der Waals surface area (Å²) in [5.74, 6) is 0.585. The van der Waals surface area contributed by atoms with Crippen molar-refractivity contribution in [2.24, 2.45) is 0 Å². The maximum Gasteiger partial charge on any atom is 0.257 e. The molecule has 1 amide bonds. The smallest absolute Gasteiger partial charge is 0.257 e. The zero-order chi connectivity index (χ0) is 14.8. The Kier molecular flexibility index (Phi) is 7.55. The summed E-state index contributed by atoms with van der Waals surface area (Å²) in [5, 5.41) is 6.06. The number of hydrogen-bond donors (Lipinski definition) is 2. The molecule has 0 heterocycles. The number of ether oxygens (including phenoxy) is 1. The number of likely N-dealkylation sites (N-methyl/N-ethyl adjacent to an activating group) is 1. The third kappa shape index (κ3) is 5.95. The molecule has 0 aliphatic rings. The fourth-order valence-electron chi connectivity index (χ4n) is 1.96. The van der Waals surface area contributed by atoms with Gasteiger partial charge in [0.2, 0.25) is 0 Å². The minimum absolute atomic E-state index is 0.0486. The van der Waals surface area contributed by atoms with Crippen molar-refractivity contribution in [2.75, 3.05) is 19.0 Å². The maximum absolute atomic E-state index is 11.2. The molecule has 1 rings (SSSR count). The summed E-state index contributed by atoms with van der Waals surface area (Å²) < 4.78 is 5.44. The third-order valence-electron chi connectivity index (χ3n) is 3.25. The van der Waals surface area contributed by atoms with E-state index in [1.165, 1.54) is 19.3 Å². The van der Waals surface area contributed by atoms with E-state index < -0.39 is 0 Å². The van der Waals surface area contributed by atoms with E-state index in [4.69, 9.17) is 4.74 Å². The van der Waals surface area contributed by atoms with E-state index in [1.54, 1.807) is 7.05 Å². The second-order valence-electron chi connectivity index (χ2n) is 4.88. The van der Waals surface area contributed by atoms with Crippen molar-refractivity contribution in [3.63, 3.8) is 0 Å². The molecule has 1 atom stereocenters. The summed E-state index contributed by atoms with van der Waals surface area (Å²) in [4.78, 5) is 11.2. The van der Waals surface area contributed by atoms with Gasteiger partial charge in [-0.15, -0.1) is 0 Å². The van der Waals surface area contributed by atoms with Crippen LogP contribution in [-0.2, 0) is 4.79 Å². The molecule has 1 aromatic carbocycles. The van der Waals surface area contributed by atoms with Gasteiger partial charge in [0.1, 0.15) is 5.75 Å². The molecular weight excluding hydrogens is 252 g/mol. The van der Waals surface area contributed by atoms with Crippen LogP contribution in [0.25, 0.3) is 0 Å².